The molecule has 0 bridgehead atoms. The van der Waals surface area contributed by atoms with Gasteiger partial charge >= 0.3 is 11.9 Å². The Kier molecular flexibility index (Phi) is 7.09. The van der Waals surface area contributed by atoms with Crippen molar-refractivity contribution in [3.05, 3.63) is 59.7 Å². The van der Waals surface area contributed by atoms with Crippen molar-refractivity contribution in [2.24, 2.45) is 0 Å². The molecule has 0 aliphatic carbocycles. The molecule has 4 nitrogen and oxygen atoms in total. The van der Waals surface area contributed by atoms with Gasteiger partial charge in [-0.25, -0.2) is 0 Å². The molecule has 30 heavy (non-hydrogen) atoms. The fourth-order valence-corrected chi connectivity index (χ4v) is 4.40. The Bertz CT molecular complexity index is 913. The highest BCUT2D eigenvalue weighted by Crippen LogP contribution is 2.41. The van der Waals surface area contributed by atoms with Crippen LogP contribution in [0.25, 0.3) is 21.5 Å². The van der Waals surface area contributed by atoms with Gasteiger partial charge in [-0.2, -0.15) is 0 Å². The van der Waals surface area contributed by atoms with Crippen molar-refractivity contribution in [1.82, 2.24) is 0 Å². The monoisotopic (exact) mass is 406 g/mol. The predicted octanol–water partition coefficient (Wildman–Crippen LogP) is 6.11. The second-order valence-electron chi connectivity index (χ2n) is 7.74. The molecular formula is C26H30O4. The third-order valence-corrected chi connectivity index (χ3v) is 5.56. The fourth-order valence-electron chi connectivity index (χ4n) is 4.40. The summed E-state index contributed by atoms with van der Waals surface area (Å²) in [5, 5.41) is 4.50. The van der Waals surface area contributed by atoms with Gasteiger partial charge in [-0.3, -0.25) is 9.59 Å². The van der Waals surface area contributed by atoms with E-state index >= 15 is 0 Å². The molecule has 0 N–H and O–H groups in total. The Hall–Kier alpha value is -2.88. The van der Waals surface area contributed by atoms with Gasteiger partial charge in [0.05, 0.1) is 26.1 Å². The number of hydrogen-bond donors (Lipinski definition) is 0. The summed E-state index contributed by atoms with van der Waals surface area (Å²) in [4.78, 5) is 24.4. The van der Waals surface area contributed by atoms with E-state index in [4.69, 9.17) is 9.47 Å². The summed E-state index contributed by atoms with van der Waals surface area (Å²) >= 11 is 0. The van der Waals surface area contributed by atoms with Gasteiger partial charge < -0.3 is 9.47 Å². The minimum atomic E-state index is -0.182. The predicted molar refractivity (Wildman–Crippen MR) is 121 cm³/mol. The van der Waals surface area contributed by atoms with Gasteiger partial charge in [-0.15, -0.1) is 0 Å². The van der Waals surface area contributed by atoms with Crippen molar-refractivity contribution >= 4 is 33.5 Å². The highest BCUT2D eigenvalue weighted by molar-refractivity contribution is 6.07. The Balaban J connectivity index is 2.20. The van der Waals surface area contributed by atoms with Gasteiger partial charge in [-0.1, -0.05) is 62.4 Å². The molecule has 2 atom stereocenters. The maximum Gasteiger partial charge on any atom is 0.306 e. The summed E-state index contributed by atoms with van der Waals surface area (Å²) in [5.41, 5.74) is 2.31. The first-order valence-corrected chi connectivity index (χ1v) is 10.7. The summed E-state index contributed by atoms with van der Waals surface area (Å²) in [5.74, 6) is -0.350. The molecule has 0 saturated heterocycles. The molecule has 0 fully saturated rings. The van der Waals surface area contributed by atoms with Gasteiger partial charge in [0.2, 0.25) is 0 Å². The minimum absolute atomic E-state index is 0.00765. The molecule has 0 amide bonds. The SMILES string of the molecule is CCOC(=O)CC(C)c1c2ccccc2c(C(C)CC(=O)OCC)c2ccccc12. The molecule has 3 aromatic carbocycles. The summed E-state index contributed by atoms with van der Waals surface area (Å²) in [6.45, 7) is 8.58. The maximum atomic E-state index is 12.2. The summed E-state index contributed by atoms with van der Waals surface area (Å²) in [7, 11) is 0. The van der Waals surface area contributed by atoms with E-state index in [9.17, 15) is 9.59 Å². The lowest BCUT2D eigenvalue weighted by Crippen LogP contribution is -2.11. The number of ether oxygens (including phenoxy) is 2. The fraction of sp³-hybridized carbons (Fsp3) is 0.385. The van der Waals surface area contributed by atoms with Crippen molar-refractivity contribution in [1.29, 1.82) is 0 Å². The van der Waals surface area contributed by atoms with Crippen LogP contribution in [0.4, 0.5) is 0 Å². The Morgan fingerprint density at radius 1 is 0.667 bits per heavy atom. The summed E-state index contributed by atoms with van der Waals surface area (Å²) in [6.07, 6.45) is 0.666. The van der Waals surface area contributed by atoms with Crippen molar-refractivity contribution < 1.29 is 19.1 Å². The van der Waals surface area contributed by atoms with E-state index < -0.39 is 0 Å². The van der Waals surface area contributed by atoms with Crippen LogP contribution in [0, 0.1) is 0 Å². The van der Waals surface area contributed by atoms with Gasteiger partial charge in [0.1, 0.15) is 0 Å². The van der Waals surface area contributed by atoms with Crippen LogP contribution >= 0.6 is 0 Å². The van der Waals surface area contributed by atoms with E-state index in [0.717, 1.165) is 32.7 Å². The first-order chi connectivity index (χ1) is 14.5. The topological polar surface area (TPSA) is 52.6 Å². The standard InChI is InChI=1S/C26H30O4/c1-5-29-23(27)15-17(3)25-19-11-7-9-13-21(19)26(18(4)16-24(28)30-6-2)22-14-10-8-12-20(22)25/h7-14,17-18H,5-6,15-16H2,1-4H3. The number of hydrogen-bond acceptors (Lipinski definition) is 4. The van der Waals surface area contributed by atoms with Gasteiger partial charge in [-0.05, 0) is 58.4 Å². The van der Waals surface area contributed by atoms with Crippen molar-refractivity contribution in [2.75, 3.05) is 13.2 Å². The van der Waals surface area contributed by atoms with E-state index in [1.807, 2.05) is 38.1 Å². The highest BCUT2D eigenvalue weighted by Gasteiger charge is 2.23. The third kappa shape index (κ3) is 4.48. The lowest BCUT2D eigenvalue weighted by Gasteiger charge is -2.23. The average Bonchev–Trinajstić information content (AvgIpc) is 2.71. The molecule has 0 aliphatic rings. The van der Waals surface area contributed by atoms with E-state index in [2.05, 4.69) is 38.1 Å². The second-order valence-corrected chi connectivity index (χ2v) is 7.74. The third-order valence-electron chi connectivity index (χ3n) is 5.56. The van der Waals surface area contributed by atoms with Crippen LogP contribution in [0.1, 0.15) is 63.5 Å². The molecule has 158 valence electrons. The Morgan fingerprint density at radius 2 is 0.967 bits per heavy atom. The lowest BCUT2D eigenvalue weighted by molar-refractivity contribution is -0.144. The minimum Gasteiger partial charge on any atom is -0.466 e. The first-order valence-electron chi connectivity index (χ1n) is 10.7. The molecule has 3 aromatic rings. The largest absolute Gasteiger partial charge is 0.466 e. The van der Waals surface area contributed by atoms with Crippen LogP contribution in [-0.2, 0) is 19.1 Å². The molecular weight excluding hydrogens is 376 g/mol. The number of fused-ring (bicyclic) bond motifs is 2. The molecule has 0 radical (unpaired) electrons. The molecule has 3 rings (SSSR count). The Labute approximate surface area is 178 Å². The summed E-state index contributed by atoms with van der Waals surface area (Å²) in [6, 6.07) is 16.5. The van der Waals surface area contributed by atoms with E-state index in [-0.39, 0.29) is 23.8 Å². The van der Waals surface area contributed by atoms with Gasteiger partial charge in [0.15, 0.2) is 0 Å². The normalized spacial score (nSPS) is 13.2. The highest BCUT2D eigenvalue weighted by atomic mass is 16.5. The van der Waals surface area contributed by atoms with Crippen molar-refractivity contribution in [3.63, 3.8) is 0 Å². The number of esters is 2. The zero-order valence-corrected chi connectivity index (χ0v) is 18.2. The van der Waals surface area contributed by atoms with Crippen molar-refractivity contribution in [2.45, 2.75) is 52.4 Å². The Morgan fingerprint density at radius 3 is 1.23 bits per heavy atom. The zero-order chi connectivity index (χ0) is 21.7. The summed E-state index contributed by atoms with van der Waals surface area (Å²) < 4.78 is 10.4. The van der Waals surface area contributed by atoms with Crippen LogP contribution < -0.4 is 0 Å². The maximum absolute atomic E-state index is 12.2. The van der Waals surface area contributed by atoms with Crippen LogP contribution in [0.15, 0.2) is 48.5 Å². The van der Waals surface area contributed by atoms with E-state index in [1.54, 1.807) is 0 Å². The van der Waals surface area contributed by atoms with Crippen LogP contribution in [-0.4, -0.2) is 25.2 Å². The molecule has 4 heteroatoms. The van der Waals surface area contributed by atoms with Gasteiger partial charge in [0, 0.05) is 0 Å². The molecule has 0 saturated carbocycles. The number of carbonyl (C=O) groups is 2. The molecule has 0 aromatic heterocycles. The first kappa shape index (κ1) is 21.8. The van der Waals surface area contributed by atoms with Gasteiger partial charge in [0.25, 0.3) is 0 Å². The molecule has 0 spiro atoms. The quantitative estimate of drug-likeness (QED) is 0.335. The van der Waals surface area contributed by atoms with Crippen LogP contribution in [0.2, 0.25) is 0 Å². The molecule has 0 aliphatic heterocycles. The van der Waals surface area contributed by atoms with Crippen molar-refractivity contribution in [3.8, 4) is 0 Å². The average molecular weight is 407 g/mol. The number of carbonyl (C=O) groups excluding carboxylic acids is 2. The smallest absolute Gasteiger partial charge is 0.306 e. The number of benzene rings is 3. The van der Waals surface area contributed by atoms with Crippen LogP contribution in [0.5, 0.6) is 0 Å². The lowest BCUT2D eigenvalue weighted by atomic mass is 9.81. The second kappa shape index (κ2) is 9.75. The number of rotatable bonds is 8. The van der Waals surface area contributed by atoms with Crippen LogP contribution in [0.3, 0.4) is 0 Å². The molecule has 2 unspecified atom stereocenters. The van der Waals surface area contributed by atoms with E-state index in [1.165, 1.54) is 0 Å². The molecule has 0 heterocycles. The van der Waals surface area contributed by atoms with E-state index in [0.29, 0.717) is 26.1 Å². The zero-order valence-electron chi connectivity index (χ0n) is 18.2.